The first kappa shape index (κ1) is 16.2. The van der Waals surface area contributed by atoms with Crippen LogP contribution >= 0.6 is 0 Å². The van der Waals surface area contributed by atoms with E-state index in [1.165, 1.54) is 45.4 Å². The lowest BCUT2D eigenvalue weighted by atomic mass is 10.1. The molecular formula is C15H31N3O2. The number of aliphatic hydroxyl groups is 1. The normalized spacial score (nSPS) is 24.9. The van der Waals surface area contributed by atoms with Crippen molar-refractivity contribution in [1.82, 2.24) is 14.7 Å². The fourth-order valence-corrected chi connectivity index (χ4v) is 3.20. The Bertz CT molecular complexity index is 252. The minimum Gasteiger partial charge on any atom is -0.389 e. The highest BCUT2D eigenvalue weighted by molar-refractivity contribution is 4.75. The van der Waals surface area contributed by atoms with E-state index < -0.39 is 0 Å². The van der Waals surface area contributed by atoms with E-state index in [-0.39, 0.29) is 6.10 Å². The largest absolute Gasteiger partial charge is 0.389 e. The number of rotatable bonds is 7. The summed E-state index contributed by atoms with van der Waals surface area (Å²) >= 11 is 0. The number of methoxy groups -OCH3 is 1. The maximum atomic E-state index is 9.75. The summed E-state index contributed by atoms with van der Waals surface area (Å²) in [5.41, 5.74) is 0. The van der Waals surface area contributed by atoms with Crippen LogP contribution in [0, 0.1) is 0 Å². The number of hydrogen-bond acceptors (Lipinski definition) is 5. The van der Waals surface area contributed by atoms with Crippen LogP contribution in [0.4, 0.5) is 0 Å². The summed E-state index contributed by atoms with van der Waals surface area (Å²) in [5, 5.41) is 9.75. The molecule has 2 aliphatic rings. The van der Waals surface area contributed by atoms with Gasteiger partial charge in [0.05, 0.1) is 12.7 Å². The minimum absolute atomic E-state index is 0.347. The first-order chi connectivity index (χ1) is 9.78. The van der Waals surface area contributed by atoms with E-state index in [1.54, 1.807) is 7.11 Å². The van der Waals surface area contributed by atoms with Gasteiger partial charge in [0.25, 0.3) is 0 Å². The lowest BCUT2D eigenvalue weighted by Gasteiger charge is -2.37. The molecule has 0 radical (unpaired) electrons. The van der Waals surface area contributed by atoms with Crippen LogP contribution in [-0.4, -0.2) is 98.5 Å². The summed E-state index contributed by atoms with van der Waals surface area (Å²) in [6.07, 6.45) is 3.83. The first-order valence-corrected chi connectivity index (χ1v) is 8.12. The maximum Gasteiger partial charge on any atom is 0.0900 e. The third-order valence-corrected chi connectivity index (χ3v) is 4.47. The molecule has 2 rings (SSSR count). The Morgan fingerprint density at radius 2 is 1.40 bits per heavy atom. The van der Waals surface area contributed by atoms with Gasteiger partial charge in [-0.3, -0.25) is 9.80 Å². The van der Waals surface area contributed by atoms with E-state index in [1.807, 2.05) is 0 Å². The highest BCUT2D eigenvalue weighted by Crippen LogP contribution is 2.09. The highest BCUT2D eigenvalue weighted by atomic mass is 16.5. The van der Waals surface area contributed by atoms with Crippen molar-refractivity contribution in [1.29, 1.82) is 0 Å². The van der Waals surface area contributed by atoms with Gasteiger partial charge in [0.15, 0.2) is 0 Å². The lowest BCUT2D eigenvalue weighted by molar-refractivity contribution is 0.0227. The Morgan fingerprint density at radius 3 is 2.00 bits per heavy atom. The molecule has 118 valence electrons. The van der Waals surface area contributed by atoms with E-state index in [4.69, 9.17) is 4.74 Å². The molecule has 2 heterocycles. The van der Waals surface area contributed by atoms with Gasteiger partial charge in [0.1, 0.15) is 0 Å². The average molecular weight is 285 g/mol. The zero-order valence-corrected chi connectivity index (χ0v) is 13.0. The number of piperidine rings is 1. The fourth-order valence-electron chi connectivity index (χ4n) is 3.20. The standard InChI is InChI=1S/C15H31N3O2/c1-20-14-15(19)13-18-11-9-17(10-12-18)8-7-16-5-3-2-4-6-16/h15,19H,2-14H2,1H3. The second-order valence-corrected chi connectivity index (χ2v) is 6.15. The summed E-state index contributed by atoms with van der Waals surface area (Å²) in [4.78, 5) is 7.52. The van der Waals surface area contributed by atoms with Crippen LogP contribution < -0.4 is 0 Å². The molecule has 0 amide bonds. The quantitative estimate of drug-likeness (QED) is 0.718. The van der Waals surface area contributed by atoms with Crippen LogP contribution in [0.5, 0.6) is 0 Å². The fraction of sp³-hybridized carbons (Fsp3) is 1.00. The van der Waals surface area contributed by atoms with E-state index in [0.717, 1.165) is 32.7 Å². The zero-order valence-electron chi connectivity index (χ0n) is 13.0. The van der Waals surface area contributed by atoms with Crippen molar-refractivity contribution in [2.24, 2.45) is 0 Å². The molecule has 20 heavy (non-hydrogen) atoms. The smallest absolute Gasteiger partial charge is 0.0900 e. The van der Waals surface area contributed by atoms with E-state index in [9.17, 15) is 5.11 Å². The molecule has 1 atom stereocenters. The summed E-state index contributed by atoms with van der Waals surface area (Å²) in [6, 6.07) is 0. The lowest BCUT2D eigenvalue weighted by Crippen LogP contribution is -2.50. The molecule has 0 saturated carbocycles. The highest BCUT2D eigenvalue weighted by Gasteiger charge is 2.19. The van der Waals surface area contributed by atoms with Gasteiger partial charge in [-0.2, -0.15) is 0 Å². The van der Waals surface area contributed by atoms with Crippen LogP contribution in [-0.2, 0) is 4.74 Å². The van der Waals surface area contributed by atoms with Gasteiger partial charge < -0.3 is 14.7 Å². The van der Waals surface area contributed by atoms with Crippen molar-refractivity contribution in [3.05, 3.63) is 0 Å². The molecule has 0 aliphatic carbocycles. The predicted octanol–water partition coefficient (Wildman–Crippen LogP) is 0.0972. The maximum absolute atomic E-state index is 9.75. The van der Waals surface area contributed by atoms with Gasteiger partial charge >= 0.3 is 0 Å². The molecule has 0 aromatic rings. The number of ether oxygens (including phenoxy) is 1. The third kappa shape index (κ3) is 5.66. The van der Waals surface area contributed by atoms with E-state index >= 15 is 0 Å². The summed E-state index contributed by atoms with van der Waals surface area (Å²) in [5.74, 6) is 0. The van der Waals surface area contributed by atoms with Crippen LogP contribution in [0.3, 0.4) is 0 Å². The molecule has 0 bridgehead atoms. The second kappa shape index (κ2) is 8.95. The number of nitrogens with zero attached hydrogens (tertiary/aromatic N) is 3. The third-order valence-electron chi connectivity index (χ3n) is 4.47. The van der Waals surface area contributed by atoms with Crippen molar-refractivity contribution >= 4 is 0 Å². The average Bonchev–Trinajstić information content (AvgIpc) is 2.48. The first-order valence-electron chi connectivity index (χ1n) is 8.12. The molecule has 5 nitrogen and oxygen atoms in total. The Hall–Kier alpha value is -0.200. The van der Waals surface area contributed by atoms with Crippen molar-refractivity contribution in [3.8, 4) is 0 Å². The Labute approximate surface area is 123 Å². The van der Waals surface area contributed by atoms with Gasteiger partial charge in [0.2, 0.25) is 0 Å². The van der Waals surface area contributed by atoms with Crippen LogP contribution in [0.1, 0.15) is 19.3 Å². The van der Waals surface area contributed by atoms with Gasteiger partial charge in [-0.1, -0.05) is 6.42 Å². The van der Waals surface area contributed by atoms with Gasteiger partial charge in [-0.05, 0) is 25.9 Å². The predicted molar refractivity (Wildman–Crippen MR) is 81.1 cm³/mol. The molecule has 2 saturated heterocycles. The zero-order chi connectivity index (χ0) is 14.2. The van der Waals surface area contributed by atoms with E-state index in [2.05, 4.69) is 14.7 Å². The number of likely N-dealkylation sites (tertiary alicyclic amines) is 1. The van der Waals surface area contributed by atoms with Crippen LogP contribution in [0.25, 0.3) is 0 Å². The molecule has 1 N–H and O–H groups in total. The Kier molecular flexibility index (Phi) is 7.24. The number of aliphatic hydroxyl groups excluding tert-OH is 1. The topological polar surface area (TPSA) is 39.2 Å². The van der Waals surface area contributed by atoms with Crippen LogP contribution in [0.15, 0.2) is 0 Å². The van der Waals surface area contributed by atoms with Crippen molar-refractivity contribution in [2.75, 3.05) is 72.6 Å². The van der Waals surface area contributed by atoms with Gasteiger partial charge in [0, 0.05) is 52.9 Å². The number of β-amino-alcohol motifs (C(OH)–C–C–N with tert-alkyl or cyclic N) is 1. The monoisotopic (exact) mass is 285 g/mol. The van der Waals surface area contributed by atoms with E-state index in [0.29, 0.717) is 6.61 Å². The molecule has 5 heteroatoms. The molecule has 1 unspecified atom stereocenters. The summed E-state index contributed by atoms with van der Waals surface area (Å²) in [7, 11) is 1.64. The second-order valence-electron chi connectivity index (χ2n) is 6.15. The molecule has 2 fully saturated rings. The summed E-state index contributed by atoms with van der Waals surface area (Å²) in [6.45, 7) is 10.6. The molecule has 0 spiro atoms. The van der Waals surface area contributed by atoms with Gasteiger partial charge in [-0.15, -0.1) is 0 Å². The number of piperazine rings is 1. The molecule has 0 aromatic heterocycles. The SMILES string of the molecule is COCC(O)CN1CCN(CCN2CCCCC2)CC1. The van der Waals surface area contributed by atoms with Crippen molar-refractivity contribution < 1.29 is 9.84 Å². The molecular weight excluding hydrogens is 254 g/mol. The van der Waals surface area contributed by atoms with Crippen molar-refractivity contribution in [2.45, 2.75) is 25.4 Å². The van der Waals surface area contributed by atoms with Crippen molar-refractivity contribution in [3.63, 3.8) is 0 Å². The Morgan fingerprint density at radius 1 is 0.850 bits per heavy atom. The number of hydrogen-bond donors (Lipinski definition) is 1. The molecule has 2 aliphatic heterocycles. The minimum atomic E-state index is -0.347. The van der Waals surface area contributed by atoms with Gasteiger partial charge in [-0.25, -0.2) is 0 Å². The summed E-state index contributed by atoms with van der Waals surface area (Å²) < 4.78 is 4.98. The Balaban J connectivity index is 1.56. The van der Waals surface area contributed by atoms with Crippen LogP contribution in [0.2, 0.25) is 0 Å². The molecule has 0 aromatic carbocycles.